The number of halogens is 1. The predicted molar refractivity (Wildman–Crippen MR) is 92.6 cm³/mol. The van der Waals surface area contributed by atoms with E-state index in [0.717, 1.165) is 0 Å². The SMILES string of the molecule is COc1cccc(/C=C(\C#N)C(=O)OCC(=O)Nc2ccc(F)cc2)c1. The zero-order chi connectivity index (χ0) is 18.9. The summed E-state index contributed by atoms with van der Waals surface area (Å²) >= 11 is 0. The van der Waals surface area contributed by atoms with E-state index in [2.05, 4.69) is 5.32 Å². The number of rotatable bonds is 6. The first kappa shape index (κ1) is 18.7. The first-order valence-corrected chi connectivity index (χ1v) is 7.50. The Morgan fingerprint density at radius 2 is 1.96 bits per heavy atom. The first-order valence-electron chi connectivity index (χ1n) is 7.50. The molecule has 2 aromatic rings. The minimum absolute atomic E-state index is 0.257. The van der Waals surface area contributed by atoms with E-state index < -0.39 is 24.3 Å². The van der Waals surface area contributed by atoms with E-state index in [0.29, 0.717) is 17.0 Å². The van der Waals surface area contributed by atoms with Crippen molar-refractivity contribution in [2.75, 3.05) is 19.0 Å². The average molecular weight is 354 g/mol. The highest BCUT2D eigenvalue weighted by molar-refractivity contribution is 6.00. The molecule has 2 aromatic carbocycles. The third kappa shape index (κ3) is 5.46. The zero-order valence-electron chi connectivity index (χ0n) is 13.9. The molecular weight excluding hydrogens is 339 g/mol. The molecular formula is C19H15FN2O4. The van der Waals surface area contributed by atoms with Gasteiger partial charge in [0.05, 0.1) is 7.11 Å². The lowest BCUT2D eigenvalue weighted by molar-refractivity contribution is -0.142. The van der Waals surface area contributed by atoms with Gasteiger partial charge in [0.15, 0.2) is 6.61 Å². The maximum Gasteiger partial charge on any atom is 0.349 e. The minimum Gasteiger partial charge on any atom is -0.497 e. The molecule has 0 saturated carbocycles. The fourth-order valence-corrected chi connectivity index (χ4v) is 1.97. The summed E-state index contributed by atoms with van der Waals surface area (Å²) in [6.07, 6.45) is 1.34. The van der Waals surface area contributed by atoms with Gasteiger partial charge in [0.2, 0.25) is 0 Å². The van der Waals surface area contributed by atoms with Gasteiger partial charge in [-0.2, -0.15) is 5.26 Å². The van der Waals surface area contributed by atoms with Crippen LogP contribution in [0.5, 0.6) is 5.75 Å². The summed E-state index contributed by atoms with van der Waals surface area (Å²) in [5.41, 5.74) is 0.682. The molecule has 6 nitrogen and oxygen atoms in total. The second-order valence-corrected chi connectivity index (χ2v) is 5.08. The molecule has 0 saturated heterocycles. The number of benzene rings is 2. The summed E-state index contributed by atoms with van der Waals surface area (Å²) in [5, 5.41) is 11.6. The van der Waals surface area contributed by atoms with E-state index in [1.54, 1.807) is 30.3 Å². The fraction of sp³-hybridized carbons (Fsp3) is 0.105. The van der Waals surface area contributed by atoms with Crippen LogP contribution in [-0.2, 0) is 14.3 Å². The van der Waals surface area contributed by atoms with Crippen LogP contribution in [0.4, 0.5) is 10.1 Å². The average Bonchev–Trinajstić information content (AvgIpc) is 2.66. The summed E-state index contributed by atoms with van der Waals surface area (Å²) < 4.78 is 22.7. The number of carbonyl (C=O) groups excluding carboxylic acids is 2. The summed E-state index contributed by atoms with van der Waals surface area (Å²) in [5.74, 6) is -1.40. The van der Waals surface area contributed by atoms with Crippen LogP contribution in [0, 0.1) is 17.1 Å². The molecule has 0 aromatic heterocycles. The van der Waals surface area contributed by atoms with Crippen molar-refractivity contribution < 1.29 is 23.5 Å². The van der Waals surface area contributed by atoms with Crippen LogP contribution in [0.1, 0.15) is 5.56 Å². The first-order chi connectivity index (χ1) is 12.5. The number of ether oxygens (including phenoxy) is 2. The van der Waals surface area contributed by atoms with Crippen LogP contribution in [0.15, 0.2) is 54.1 Å². The monoisotopic (exact) mass is 354 g/mol. The molecule has 26 heavy (non-hydrogen) atoms. The Morgan fingerprint density at radius 1 is 1.23 bits per heavy atom. The van der Waals surface area contributed by atoms with Crippen molar-refractivity contribution in [1.29, 1.82) is 5.26 Å². The minimum atomic E-state index is -0.926. The predicted octanol–water partition coefficient (Wildman–Crippen LogP) is 2.92. The summed E-state index contributed by atoms with van der Waals surface area (Å²) in [4.78, 5) is 23.7. The topological polar surface area (TPSA) is 88.4 Å². The molecule has 0 bridgehead atoms. The Bertz CT molecular complexity index is 870. The lowest BCUT2D eigenvalue weighted by Gasteiger charge is -2.06. The second kappa shape index (κ2) is 8.99. The molecule has 132 valence electrons. The summed E-state index contributed by atoms with van der Waals surface area (Å²) in [7, 11) is 1.50. The van der Waals surface area contributed by atoms with Crippen molar-refractivity contribution in [1.82, 2.24) is 0 Å². The van der Waals surface area contributed by atoms with Crippen molar-refractivity contribution in [3.63, 3.8) is 0 Å². The molecule has 7 heteroatoms. The lowest BCUT2D eigenvalue weighted by Crippen LogP contribution is -2.21. The van der Waals surface area contributed by atoms with E-state index >= 15 is 0 Å². The van der Waals surface area contributed by atoms with E-state index in [1.165, 1.54) is 37.5 Å². The van der Waals surface area contributed by atoms with E-state index in [1.807, 2.05) is 0 Å². The molecule has 2 rings (SSSR count). The number of amides is 1. The van der Waals surface area contributed by atoms with Gasteiger partial charge < -0.3 is 14.8 Å². The van der Waals surface area contributed by atoms with Gasteiger partial charge in [-0.1, -0.05) is 12.1 Å². The van der Waals surface area contributed by atoms with Crippen LogP contribution >= 0.6 is 0 Å². The number of nitrogens with one attached hydrogen (secondary N) is 1. The standard InChI is InChI=1S/C19H15FN2O4/c1-25-17-4-2-3-13(10-17)9-14(11-21)19(24)26-12-18(23)22-16-7-5-15(20)6-8-16/h2-10H,12H2,1H3,(H,22,23)/b14-9+. The van der Waals surface area contributed by atoms with Gasteiger partial charge >= 0.3 is 5.97 Å². The highest BCUT2D eigenvalue weighted by atomic mass is 19.1. The molecule has 0 aliphatic heterocycles. The fourth-order valence-electron chi connectivity index (χ4n) is 1.97. The molecule has 0 heterocycles. The van der Waals surface area contributed by atoms with Crippen LogP contribution in [0.25, 0.3) is 6.08 Å². The Kier molecular flexibility index (Phi) is 6.46. The Labute approximate surface area is 149 Å². The molecule has 0 fully saturated rings. The molecule has 0 unspecified atom stereocenters. The smallest absolute Gasteiger partial charge is 0.349 e. The number of hydrogen-bond donors (Lipinski definition) is 1. The van der Waals surface area contributed by atoms with Gasteiger partial charge in [-0.3, -0.25) is 4.79 Å². The third-order valence-corrected chi connectivity index (χ3v) is 3.21. The van der Waals surface area contributed by atoms with Gasteiger partial charge in [-0.15, -0.1) is 0 Å². The molecule has 0 atom stereocenters. The number of esters is 1. The molecule has 1 N–H and O–H groups in total. The van der Waals surface area contributed by atoms with Crippen molar-refractivity contribution in [3.8, 4) is 11.8 Å². The molecule has 0 radical (unpaired) electrons. The number of hydrogen-bond acceptors (Lipinski definition) is 5. The van der Waals surface area contributed by atoms with Crippen LogP contribution in [0.3, 0.4) is 0 Å². The molecule has 0 aliphatic carbocycles. The Hall–Kier alpha value is -3.66. The Balaban J connectivity index is 1.96. The maximum atomic E-state index is 12.8. The van der Waals surface area contributed by atoms with E-state index in [9.17, 15) is 14.0 Å². The summed E-state index contributed by atoms with van der Waals surface area (Å²) in [6.45, 7) is -0.576. The van der Waals surface area contributed by atoms with Crippen molar-refractivity contribution in [2.24, 2.45) is 0 Å². The maximum absolute atomic E-state index is 12.8. The van der Waals surface area contributed by atoms with Crippen LogP contribution in [-0.4, -0.2) is 25.6 Å². The van der Waals surface area contributed by atoms with E-state index in [4.69, 9.17) is 14.7 Å². The number of methoxy groups -OCH3 is 1. The van der Waals surface area contributed by atoms with E-state index in [-0.39, 0.29) is 5.57 Å². The van der Waals surface area contributed by atoms with Crippen molar-refractivity contribution in [2.45, 2.75) is 0 Å². The molecule has 0 spiro atoms. The van der Waals surface area contributed by atoms with Gasteiger partial charge in [0.25, 0.3) is 5.91 Å². The normalized spacial score (nSPS) is 10.6. The Morgan fingerprint density at radius 3 is 2.62 bits per heavy atom. The zero-order valence-corrected chi connectivity index (χ0v) is 13.9. The van der Waals surface area contributed by atoms with Gasteiger partial charge in [-0.25, -0.2) is 9.18 Å². The van der Waals surface area contributed by atoms with Gasteiger partial charge in [0, 0.05) is 5.69 Å². The number of nitriles is 1. The second-order valence-electron chi connectivity index (χ2n) is 5.08. The highest BCUT2D eigenvalue weighted by Crippen LogP contribution is 2.15. The quantitative estimate of drug-likeness (QED) is 0.489. The highest BCUT2D eigenvalue weighted by Gasteiger charge is 2.13. The third-order valence-electron chi connectivity index (χ3n) is 3.21. The molecule has 0 aliphatic rings. The van der Waals surface area contributed by atoms with Gasteiger partial charge in [0.1, 0.15) is 23.2 Å². The molecule has 1 amide bonds. The summed E-state index contributed by atoms with van der Waals surface area (Å²) in [6, 6.07) is 13.6. The number of anilines is 1. The van der Waals surface area contributed by atoms with Gasteiger partial charge in [-0.05, 0) is 48.0 Å². The number of nitrogens with zero attached hydrogens (tertiary/aromatic N) is 1. The van der Waals surface area contributed by atoms with Crippen molar-refractivity contribution >= 4 is 23.6 Å². The van der Waals surface area contributed by atoms with Crippen molar-refractivity contribution in [3.05, 3.63) is 65.5 Å². The lowest BCUT2D eigenvalue weighted by atomic mass is 10.1. The van der Waals surface area contributed by atoms with Crippen LogP contribution in [0.2, 0.25) is 0 Å². The number of carbonyl (C=O) groups is 2. The van der Waals surface area contributed by atoms with Crippen LogP contribution < -0.4 is 10.1 Å². The largest absolute Gasteiger partial charge is 0.497 e.